The summed E-state index contributed by atoms with van der Waals surface area (Å²) in [6, 6.07) is 11.5. The lowest BCUT2D eigenvalue weighted by molar-refractivity contribution is 0.101. The number of nitrogens with one attached hydrogen (secondary N) is 1. The van der Waals surface area contributed by atoms with Gasteiger partial charge in [0.1, 0.15) is 5.69 Å². The Labute approximate surface area is 139 Å². The summed E-state index contributed by atoms with van der Waals surface area (Å²) in [5, 5.41) is 9.94. The molecule has 0 radical (unpaired) electrons. The number of hydrogen-bond donors (Lipinski definition) is 1. The summed E-state index contributed by atoms with van der Waals surface area (Å²) < 4.78 is 1.69. The normalized spacial score (nSPS) is 11.0. The number of aryl methyl sites for hydroxylation is 1. The number of para-hydroxylation sites is 1. The molecule has 23 heavy (non-hydrogen) atoms. The highest BCUT2D eigenvalue weighted by Crippen LogP contribution is 2.21. The zero-order chi connectivity index (χ0) is 16.4. The van der Waals surface area contributed by atoms with E-state index in [0.29, 0.717) is 10.8 Å². The Morgan fingerprint density at radius 2 is 2.00 bits per heavy atom. The van der Waals surface area contributed by atoms with Gasteiger partial charge in [-0.3, -0.25) is 10.1 Å². The molecule has 1 aromatic carbocycles. The second-order valence-electron chi connectivity index (χ2n) is 5.60. The van der Waals surface area contributed by atoms with E-state index in [4.69, 9.17) is 0 Å². The molecular formula is C17H18N4OS. The number of thiazole rings is 1. The SMILES string of the molecule is Cc1csc(NC(=O)c2cc(C(C)C)nn2-c2ccccc2)n1. The lowest BCUT2D eigenvalue weighted by Crippen LogP contribution is -2.16. The van der Waals surface area contributed by atoms with E-state index < -0.39 is 0 Å². The van der Waals surface area contributed by atoms with Crippen molar-refractivity contribution in [3.63, 3.8) is 0 Å². The topological polar surface area (TPSA) is 59.8 Å². The lowest BCUT2D eigenvalue weighted by Gasteiger charge is -2.06. The molecular weight excluding hydrogens is 308 g/mol. The first-order valence-electron chi connectivity index (χ1n) is 7.43. The molecule has 0 atom stereocenters. The quantitative estimate of drug-likeness (QED) is 0.788. The van der Waals surface area contributed by atoms with E-state index in [2.05, 4.69) is 29.2 Å². The Balaban J connectivity index is 1.98. The van der Waals surface area contributed by atoms with Crippen LogP contribution in [0.25, 0.3) is 5.69 Å². The minimum atomic E-state index is -0.206. The van der Waals surface area contributed by atoms with Crippen molar-refractivity contribution in [2.24, 2.45) is 0 Å². The minimum absolute atomic E-state index is 0.206. The Morgan fingerprint density at radius 3 is 2.61 bits per heavy atom. The van der Waals surface area contributed by atoms with Gasteiger partial charge < -0.3 is 0 Å². The van der Waals surface area contributed by atoms with Gasteiger partial charge in [0.05, 0.1) is 17.1 Å². The van der Waals surface area contributed by atoms with E-state index in [1.807, 2.05) is 48.7 Å². The molecule has 0 aliphatic rings. The molecule has 0 saturated carbocycles. The van der Waals surface area contributed by atoms with Gasteiger partial charge in [0.15, 0.2) is 5.13 Å². The van der Waals surface area contributed by atoms with Crippen molar-refractivity contribution in [2.45, 2.75) is 26.7 Å². The van der Waals surface area contributed by atoms with Crippen molar-refractivity contribution in [3.05, 3.63) is 58.9 Å². The van der Waals surface area contributed by atoms with Crippen molar-refractivity contribution >= 4 is 22.4 Å². The van der Waals surface area contributed by atoms with E-state index in [1.165, 1.54) is 11.3 Å². The molecule has 1 N–H and O–H groups in total. The van der Waals surface area contributed by atoms with Crippen LogP contribution >= 0.6 is 11.3 Å². The number of benzene rings is 1. The molecule has 3 rings (SSSR count). The highest BCUT2D eigenvalue weighted by Gasteiger charge is 2.19. The Bertz CT molecular complexity index is 820. The largest absolute Gasteiger partial charge is 0.296 e. The van der Waals surface area contributed by atoms with E-state index in [9.17, 15) is 4.79 Å². The molecule has 0 spiro atoms. The van der Waals surface area contributed by atoms with Crippen LogP contribution in [0.15, 0.2) is 41.8 Å². The van der Waals surface area contributed by atoms with Crippen LogP contribution in [-0.4, -0.2) is 20.7 Å². The van der Waals surface area contributed by atoms with Crippen molar-refractivity contribution < 1.29 is 4.79 Å². The van der Waals surface area contributed by atoms with Crippen LogP contribution in [0, 0.1) is 6.92 Å². The van der Waals surface area contributed by atoms with Crippen molar-refractivity contribution in [1.29, 1.82) is 0 Å². The molecule has 0 fully saturated rings. The summed E-state index contributed by atoms with van der Waals surface area (Å²) in [6.07, 6.45) is 0. The fourth-order valence-electron chi connectivity index (χ4n) is 2.18. The molecule has 0 saturated heterocycles. The van der Waals surface area contributed by atoms with E-state index in [-0.39, 0.29) is 11.8 Å². The number of rotatable bonds is 4. The summed E-state index contributed by atoms with van der Waals surface area (Å²) in [5.74, 6) is 0.0382. The lowest BCUT2D eigenvalue weighted by atomic mass is 10.1. The second kappa shape index (κ2) is 6.34. The zero-order valence-corrected chi connectivity index (χ0v) is 14.1. The van der Waals surface area contributed by atoms with Gasteiger partial charge in [0.25, 0.3) is 5.91 Å². The first kappa shape index (κ1) is 15.4. The van der Waals surface area contributed by atoms with Crippen molar-refractivity contribution in [2.75, 3.05) is 5.32 Å². The first-order chi connectivity index (χ1) is 11.0. The van der Waals surface area contributed by atoms with Crippen LogP contribution in [0.5, 0.6) is 0 Å². The number of hydrogen-bond acceptors (Lipinski definition) is 4. The summed E-state index contributed by atoms with van der Waals surface area (Å²) in [5.41, 5.74) is 3.15. The molecule has 0 unspecified atom stereocenters. The third-order valence-electron chi connectivity index (χ3n) is 3.39. The predicted octanol–water partition coefficient (Wildman–Crippen LogP) is 4.01. The number of anilines is 1. The monoisotopic (exact) mass is 326 g/mol. The maximum absolute atomic E-state index is 12.6. The maximum Gasteiger partial charge on any atom is 0.276 e. The smallest absolute Gasteiger partial charge is 0.276 e. The first-order valence-corrected chi connectivity index (χ1v) is 8.31. The van der Waals surface area contributed by atoms with Crippen LogP contribution in [0.1, 0.15) is 41.6 Å². The van der Waals surface area contributed by atoms with E-state index in [0.717, 1.165) is 17.1 Å². The van der Waals surface area contributed by atoms with Crippen molar-refractivity contribution in [1.82, 2.24) is 14.8 Å². The second-order valence-corrected chi connectivity index (χ2v) is 6.46. The molecule has 0 aliphatic heterocycles. The standard InChI is InChI=1S/C17H18N4OS/c1-11(2)14-9-15(16(22)19-17-18-12(3)10-23-17)21(20-14)13-7-5-4-6-8-13/h4-11H,1-3H3,(H,18,19,22). The summed E-state index contributed by atoms with van der Waals surface area (Å²) in [4.78, 5) is 16.9. The van der Waals surface area contributed by atoms with Gasteiger partial charge in [-0.1, -0.05) is 32.0 Å². The average Bonchev–Trinajstić information content (AvgIpc) is 3.15. The third kappa shape index (κ3) is 3.32. The molecule has 3 aromatic rings. The maximum atomic E-state index is 12.6. The minimum Gasteiger partial charge on any atom is -0.296 e. The average molecular weight is 326 g/mol. The number of nitrogens with zero attached hydrogens (tertiary/aromatic N) is 3. The zero-order valence-electron chi connectivity index (χ0n) is 13.3. The highest BCUT2D eigenvalue weighted by molar-refractivity contribution is 7.13. The van der Waals surface area contributed by atoms with Gasteiger partial charge in [0, 0.05) is 5.38 Å². The summed E-state index contributed by atoms with van der Waals surface area (Å²) >= 11 is 1.41. The van der Waals surface area contributed by atoms with Gasteiger partial charge in [-0.05, 0) is 31.0 Å². The number of carbonyl (C=O) groups excluding carboxylic acids is 1. The van der Waals surface area contributed by atoms with Gasteiger partial charge in [-0.15, -0.1) is 11.3 Å². The molecule has 1 amide bonds. The third-order valence-corrected chi connectivity index (χ3v) is 4.27. The van der Waals surface area contributed by atoms with Crippen molar-refractivity contribution in [3.8, 4) is 5.69 Å². The van der Waals surface area contributed by atoms with Gasteiger partial charge >= 0.3 is 0 Å². The van der Waals surface area contributed by atoms with E-state index in [1.54, 1.807) is 4.68 Å². The number of amides is 1. The highest BCUT2D eigenvalue weighted by atomic mass is 32.1. The van der Waals surface area contributed by atoms with Crippen LogP contribution in [0.3, 0.4) is 0 Å². The molecule has 0 bridgehead atoms. The molecule has 5 nitrogen and oxygen atoms in total. The molecule has 6 heteroatoms. The van der Waals surface area contributed by atoms with Crippen LogP contribution in [0.4, 0.5) is 5.13 Å². The van der Waals surface area contributed by atoms with Crippen LogP contribution in [0.2, 0.25) is 0 Å². The fraction of sp³-hybridized carbons (Fsp3) is 0.235. The summed E-state index contributed by atoms with van der Waals surface area (Å²) in [6.45, 7) is 6.02. The molecule has 118 valence electrons. The molecule has 2 heterocycles. The van der Waals surface area contributed by atoms with Gasteiger partial charge in [-0.2, -0.15) is 5.10 Å². The van der Waals surface area contributed by atoms with E-state index >= 15 is 0 Å². The predicted molar refractivity (Wildman–Crippen MR) is 92.5 cm³/mol. The van der Waals surface area contributed by atoms with Crippen LogP contribution < -0.4 is 5.32 Å². The number of aromatic nitrogens is 3. The van der Waals surface area contributed by atoms with Crippen LogP contribution in [-0.2, 0) is 0 Å². The molecule has 0 aliphatic carbocycles. The van der Waals surface area contributed by atoms with Gasteiger partial charge in [-0.25, -0.2) is 9.67 Å². The Hall–Kier alpha value is -2.47. The fourth-order valence-corrected chi connectivity index (χ4v) is 2.87. The van der Waals surface area contributed by atoms with Gasteiger partial charge in [0.2, 0.25) is 0 Å². The Morgan fingerprint density at radius 1 is 1.26 bits per heavy atom. The number of carbonyl (C=O) groups is 1. The Kier molecular flexibility index (Phi) is 4.25. The summed E-state index contributed by atoms with van der Waals surface area (Å²) in [7, 11) is 0. The molecule has 2 aromatic heterocycles.